The maximum Gasteiger partial charge on any atom is 0.308 e. The fourth-order valence-corrected chi connectivity index (χ4v) is 1.89. The molecule has 1 rings (SSSR count). The van der Waals surface area contributed by atoms with Crippen molar-refractivity contribution >= 4 is 11.9 Å². The third-order valence-electron chi connectivity index (χ3n) is 3.24. The summed E-state index contributed by atoms with van der Waals surface area (Å²) in [5.41, 5.74) is 2.50. The van der Waals surface area contributed by atoms with Crippen molar-refractivity contribution in [3.05, 3.63) is 34.9 Å². The van der Waals surface area contributed by atoms with E-state index in [0.29, 0.717) is 5.56 Å². The summed E-state index contributed by atoms with van der Waals surface area (Å²) in [7, 11) is 0. The van der Waals surface area contributed by atoms with E-state index in [1.165, 1.54) is 0 Å². The molecule has 0 heterocycles. The molecule has 1 amide bonds. The average Bonchev–Trinajstić information content (AvgIpc) is 2.31. The molecule has 1 unspecified atom stereocenters. The van der Waals surface area contributed by atoms with Crippen LogP contribution >= 0.6 is 0 Å². The largest absolute Gasteiger partial charge is 0.481 e. The SMILES string of the molecule is Cc1ccc(C)c(C(=O)NCC(C(=O)O)C(C)C)c1. The van der Waals surface area contributed by atoms with Gasteiger partial charge < -0.3 is 10.4 Å². The zero-order chi connectivity index (χ0) is 14.6. The van der Waals surface area contributed by atoms with Crippen molar-refractivity contribution in [1.29, 1.82) is 0 Å². The molecular formula is C15H21NO3. The lowest BCUT2D eigenvalue weighted by molar-refractivity contribution is -0.142. The zero-order valence-corrected chi connectivity index (χ0v) is 11.9. The molecule has 0 bridgehead atoms. The van der Waals surface area contributed by atoms with E-state index in [1.807, 2.05) is 45.9 Å². The van der Waals surface area contributed by atoms with E-state index in [9.17, 15) is 9.59 Å². The first-order chi connectivity index (χ1) is 8.82. The molecule has 4 heteroatoms. The second-order valence-corrected chi connectivity index (χ2v) is 5.22. The third-order valence-corrected chi connectivity index (χ3v) is 3.24. The Balaban J connectivity index is 2.75. The van der Waals surface area contributed by atoms with E-state index < -0.39 is 11.9 Å². The van der Waals surface area contributed by atoms with Crippen molar-refractivity contribution in [2.75, 3.05) is 6.54 Å². The molecule has 4 nitrogen and oxygen atoms in total. The number of carbonyl (C=O) groups is 2. The van der Waals surface area contributed by atoms with Crippen molar-refractivity contribution in [1.82, 2.24) is 5.32 Å². The van der Waals surface area contributed by atoms with Crippen molar-refractivity contribution in [2.45, 2.75) is 27.7 Å². The molecule has 0 spiro atoms. The van der Waals surface area contributed by atoms with Gasteiger partial charge in [0.15, 0.2) is 0 Å². The highest BCUT2D eigenvalue weighted by Crippen LogP contribution is 2.12. The van der Waals surface area contributed by atoms with Crippen LogP contribution < -0.4 is 5.32 Å². The summed E-state index contributed by atoms with van der Waals surface area (Å²) < 4.78 is 0. The molecule has 0 radical (unpaired) electrons. The van der Waals surface area contributed by atoms with Gasteiger partial charge in [0, 0.05) is 12.1 Å². The van der Waals surface area contributed by atoms with Crippen molar-refractivity contribution in [3.63, 3.8) is 0 Å². The van der Waals surface area contributed by atoms with Gasteiger partial charge in [0.25, 0.3) is 5.91 Å². The Labute approximate surface area is 113 Å². The molecular weight excluding hydrogens is 242 g/mol. The second kappa shape index (κ2) is 6.36. The smallest absolute Gasteiger partial charge is 0.308 e. The first kappa shape index (κ1) is 15.2. The van der Waals surface area contributed by atoms with Crippen LogP contribution in [0.5, 0.6) is 0 Å². The summed E-state index contributed by atoms with van der Waals surface area (Å²) in [5.74, 6) is -1.67. The molecule has 1 atom stereocenters. The molecule has 0 fully saturated rings. The Kier molecular flexibility index (Phi) is 5.10. The number of hydrogen-bond acceptors (Lipinski definition) is 2. The molecule has 1 aromatic rings. The van der Waals surface area contributed by atoms with Gasteiger partial charge in [-0.2, -0.15) is 0 Å². The molecule has 19 heavy (non-hydrogen) atoms. The van der Waals surface area contributed by atoms with Crippen LogP contribution in [0.2, 0.25) is 0 Å². The number of aryl methyl sites for hydroxylation is 2. The normalized spacial score (nSPS) is 12.3. The summed E-state index contributed by atoms with van der Waals surface area (Å²) in [5, 5.41) is 11.8. The first-order valence-electron chi connectivity index (χ1n) is 6.41. The minimum atomic E-state index is -0.878. The Morgan fingerprint density at radius 2 is 1.89 bits per heavy atom. The first-order valence-corrected chi connectivity index (χ1v) is 6.41. The molecule has 0 aliphatic heterocycles. The van der Waals surface area contributed by atoms with Crippen LogP contribution in [0.25, 0.3) is 0 Å². The lowest BCUT2D eigenvalue weighted by Crippen LogP contribution is -2.35. The average molecular weight is 263 g/mol. The van der Waals surface area contributed by atoms with Gasteiger partial charge in [0.1, 0.15) is 0 Å². The number of carboxylic acids is 1. The number of nitrogens with one attached hydrogen (secondary N) is 1. The van der Waals surface area contributed by atoms with E-state index in [-0.39, 0.29) is 18.4 Å². The molecule has 1 aromatic carbocycles. The van der Waals surface area contributed by atoms with E-state index in [2.05, 4.69) is 5.32 Å². The van der Waals surface area contributed by atoms with E-state index in [1.54, 1.807) is 0 Å². The number of carboxylic acid groups (broad SMARTS) is 1. The highest BCUT2D eigenvalue weighted by molar-refractivity contribution is 5.96. The van der Waals surface area contributed by atoms with Gasteiger partial charge in [0.05, 0.1) is 5.92 Å². The van der Waals surface area contributed by atoms with Gasteiger partial charge in [0.2, 0.25) is 0 Å². The van der Waals surface area contributed by atoms with Crippen LogP contribution in [-0.4, -0.2) is 23.5 Å². The molecule has 2 N–H and O–H groups in total. The summed E-state index contributed by atoms with van der Waals surface area (Å²) in [4.78, 5) is 23.1. The lowest BCUT2D eigenvalue weighted by Gasteiger charge is -2.17. The number of rotatable bonds is 5. The maximum atomic E-state index is 12.1. The van der Waals surface area contributed by atoms with Gasteiger partial charge in [-0.25, -0.2) is 0 Å². The van der Waals surface area contributed by atoms with E-state index in [4.69, 9.17) is 5.11 Å². The Hall–Kier alpha value is -1.84. The highest BCUT2D eigenvalue weighted by atomic mass is 16.4. The summed E-state index contributed by atoms with van der Waals surface area (Å²) in [6.45, 7) is 7.61. The van der Waals surface area contributed by atoms with Crippen LogP contribution in [-0.2, 0) is 4.79 Å². The quantitative estimate of drug-likeness (QED) is 0.857. The number of aliphatic carboxylic acids is 1. The number of amides is 1. The minimum absolute atomic E-state index is 0.0172. The topological polar surface area (TPSA) is 66.4 Å². The van der Waals surface area contributed by atoms with E-state index in [0.717, 1.165) is 11.1 Å². The fourth-order valence-electron chi connectivity index (χ4n) is 1.89. The molecule has 0 saturated carbocycles. The van der Waals surface area contributed by atoms with Crippen LogP contribution in [0, 0.1) is 25.7 Å². The Bertz CT molecular complexity index is 480. The van der Waals surface area contributed by atoms with Crippen molar-refractivity contribution < 1.29 is 14.7 Å². The monoisotopic (exact) mass is 263 g/mol. The molecule has 0 aromatic heterocycles. The lowest BCUT2D eigenvalue weighted by atomic mass is 9.96. The fraction of sp³-hybridized carbons (Fsp3) is 0.467. The third kappa shape index (κ3) is 4.09. The summed E-state index contributed by atoms with van der Waals surface area (Å²) in [6.07, 6.45) is 0. The zero-order valence-electron chi connectivity index (χ0n) is 11.9. The van der Waals surface area contributed by atoms with Crippen LogP contribution in [0.3, 0.4) is 0 Å². The predicted octanol–water partition coefficient (Wildman–Crippen LogP) is 2.39. The number of benzene rings is 1. The van der Waals surface area contributed by atoms with Crippen molar-refractivity contribution in [2.24, 2.45) is 11.8 Å². The predicted molar refractivity (Wildman–Crippen MR) is 74.2 cm³/mol. The maximum absolute atomic E-state index is 12.1. The van der Waals surface area contributed by atoms with Crippen LogP contribution in [0.1, 0.15) is 35.3 Å². The van der Waals surface area contributed by atoms with Crippen LogP contribution in [0.15, 0.2) is 18.2 Å². The molecule has 0 aliphatic rings. The molecule has 0 saturated heterocycles. The standard InChI is InChI=1S/C15H21NO3/c1-9(2)13(15(18)19)8-16-14(17)12-7-10(3)5-6-11(12)4/h5-7,9,13H,8H2,1-4H3,(H,16,17)(H,18,19). The van der Waals surface area contributed by atoms with Gasteiger partial charge in [-0.3, -0.25) is 9.59 Å². The molecule has 0 aliphatic carbocycles. The number of carbonyl (C=O) groups excluding carboxylic acids is 1. The Morgan fingerprint density at radius 3 is 2.42 bits per heavy atom. The second-order valence-electron chi connectivity index (χ2n) is 5.22. The van der Waals surface area contributed by atoms with Gasteiger partial charge in [-0.15, -0.1) is 0 Å². The van der Waals surface area contributed by atoms with Gasteiger partial charge >= 0.3 is 5.97 Å². The van der Waals surface area contributed by atoms with Gasteiger partial charge in [-0.1, -0.05) is 31.5 Å². The van der Waals surface area contributed by atoms with Crippen molar-refractivity contribution in [3.8, 4) is 0 Å². The summed E-state index contributed by atoms with van der Waals surface area (Å²) >= 11 is 0. The molecule has 104 valence electrons. The Morgan fingerprint density at radius 1 is 1.26 bits per heavy atom. The minimum Gasteiger partial charge on any atom is -0.481 e. The van der Waals surface area contributed by atoms with Crippen LogP contribution in [0.4, 0.5) is 0 Å². The highest BCUT2D eigenvalue weighted by Gasteiger charge is 2.22. The summed E-state index contributed by atoms with van der Waals surface area (Å²) in [6, 6.07) is 5.65. The number of hydrogen-bond donors (Lipinski definition) is 2. The van der Waals surface area contributed by atoms with E-state index >= 15 is 0 Å². The van der Waals surface area contributed by atoms with Gasteiger partial charge in [-0.05, 0) is 31.4 Å².